The SMILES string of the molecule is Cc1cc(C(=O)CCC(=O)NNC(=O)c2cc(Cl)ccc2O)c(C)s1. The van der Waals surface area contributed by atoms with Crippen molar-refractivity contribution in [2.24, 2.45) is 0 Å². The fourth-order valence-electron chi connectivity index (χ4n) is 2.22. The van der Waals surface area contributed by atoms with Crippen molar-refractivity contribution < 1.29 is 19.5 Å². The molecule has 0 saturated heterocycles. The Bertz CT molecular complexity index is 832. The van der Waals surface area contributed by atoms with Gasteiger partial charge in [0.2, 0.25) is 5.91 Å². The van der Waals surface area contributed by atoms with Crippen molar-refractivity contribution in [3.63, 3.8) is 0 Å². The van der Waals surface area contributed by atoms with Crippen LogP contribution >= 0.6 is 22.9 Å². The van der Waals surface area contributed by atoms with Gasteiger partial charge in [-0.3, -0.25) is 25.2 Å². The maximum Gasteiger partial charge on any atom is 0.273 e. The summed E-state index contributed by atoms with van der Waals surface area (Å²) in [5.74, 6) is -1.58. The minimum atomic E-state index is -0.705. The van der Waals surface area contributed by atoms with Crippen LogP contribution in [0.5, 0.6) is 5.75 Å². The number of rotatable bonds is 5. The predicted molar refractivity (Wildman–Crippen MR) is 96.1 cm³/mol. The van der Waals surface area contributed by atoms with Crippen LogP contribution in [0.15, 0.2) is 24.3 Å². The van der Waals surface area contributed by atoms with E-state index in [0.717, 1.165) is 9.75 Å². The second kappa shape index (κ2) is 8.13. The third kappa shape index (κ3) is 5.04. The van der Waals surface area contributed by atoms with Crippen molar-refractivity contribution in [3.05, 3.63) is 50.2 Å². The van der Waals surface area contributed by atoms with Crippen LogP contribution in [0.1, 0.15) is 43.3 Å². The van der Waals surface area contributed by atoms with Gasteiger partial charge in [-0.1, -0.05) is 11.6 Å². The topological polar surface area (TPSA) is 95.5 Å². The van der Waals surface area contributed by atoms with Gasteiger partial charge in [0.15, 0.2) is 5.78 Å². The van der Waals surface area contributed by atoms with E-state index < -0.39 is 11.8 Å². The first-order valence-electron chi connectivity index (χ1n) is 7.46. The van der Waals surface area contributed by atoms with Gasteiger partial charge in [-0.2, -0.15) is 0 Å². The molecule has 1 aromatic carbocycles. The summed E-state index contributed by atoms with van der Waals surface area (Å²) in [6.07, 6.45) is -0.0178. The molecule has 0 spiro atoms. The fourth-order valence-corrected chi connectivity index (χ4v) is 3.33. The number of ketones is 1. The highest BCUT2D eigenvalue weighted by Gasteiger charge is 2.15. The number of carbonyl (C=O) groups is 3. The van der Waals surface area contributed by atoms with Gasteiger partial charge in [-0.05, 0) is 38.1 Å². The molecule has 3 N–H and O–H groups in total. The number of thiophene rings is 1. The van der Waals surface area contributed by atoms with Crippen LogP contribution in [-0.4, -0.2) is 22.7 Å². The monoisotopic (exact) mass is 380 g/mol. The lowest BCUT2D eigenvalue weighted by Crippen LogP contribution is -2.41. The molecule has 0 aliphatic heterocycles. The average molecular weight is 381 g/mol. The van der Waals surface area contributed by atoms with Gasteiger partial charge in [0, 0.05) is 33.2 Å². The van der Waals surface area contributed by atoms with Crippen molar-refractivity contribution in [2.45, 2.75) is 26.7 Å². The molecule has 1 aromatic heterocycles. The molecular formula is C17H17ClN2O4S. The Morgan fingerprint density at radius 1 is 1.08 bits per heavy atom. The van der Waals surface area contributed by atoms with Crippen LogP contribution in [0.25, 0.3) is 0 Å². The van der Waals surface area contributed by atoms with Crippen LogP contribution < -0.4 is 10.9 Å². The summed E-state index contributed by atoms with van der Waals surface area (Å²) in [5.41, 5.74) is 4.96. The molecule has 0 radical (unpaired) electrons. The minimum absolute atomic E-state index is 0.0428. The summed E-state index contributed by atoms with van der Waals surface area (Å²) < 4.78 is 0. The molecule has 2 aromatic rings. The summed E-state index contributed by atoms with van der Waals surface area (Å²) in [4.78, 5) is 37.8. The largest absolute Gasteiger partial charge is 0.507 e. The van der Waals surface area contributed by atoms with Gasteiger partial charge in [0.05, 0.1) is 5.56 Å². The Hall–Kier alpha value is -2.38. The quantitative estimate of drug-likeness (QED) is 0.548. The van der Waals surface area contributed by atoms with Crippen molar-refractivity contribution in [2.75, 3.05) is 0 Å². The molecule has 0 atom stereocenters. The number of benzene rings is 1. The Balaban J connectivity index is 1.84. The number of halogens is 1. The lowest BCUT2D eigenvalue weighted by Gasteiger charge is -2.08. The Kier molecular flexibility index (Phi) is 6.17. The van der Waals surface area contributed by atoms with Gasteiger partial charge >= 0.3 is 0 Å². The Labute approximate surface area is 153 Å². The molecule has 0 saturated carbocycles. The molecule has 2 amide bonds. The van der Waals surface area contributed by atoms with Crippen LogP contribution in [0.3, 0.4) is 0 Å². The molecule has 0 aliphatic rings. The number of amides is 2. The lowest BCUT2D eigenvalue weighted by atomic mass is 10.1. The number of hydrogen-bond acceptors (Lipinski definition) is 5. The molecule has 6 nitrogen and oxygen atoms in total. The van der Waals surface area contributed by atoms with E-state index in [0.29, 0.717) is 5.56 Å². The number of carbonyl (C=O) groups excluding carboxylic acids is 3. The van der Waals surface area contributed by atoms with Gasteiger partial charge in [0.25, 0.3) is 5.91 Å². The standard InChI is InChI=1S/C17H17ClN2O4S/c1-9-7-12(10(2)25-9)14(21)5-6-16(23)19-20-17(24)13-8-11(18)3-4-15(13)22/h3-4,7-8,22H,5-6H2,1-2H3,(H,19,23)(H,20,24). The molecule has 1 heterocycles. The average Bonchev–Trinajstić information content (AvgIpc) is 2.91. The Morgan fingerprint density at radius 3 is 2.44 bits per heavy atom. The highest BCUT2D eigenvalue weighted by Crippen LogP contribution is 2.22. The second-order valence-electron chi connectivity index (χ2n) is 5.41. The van der Waals surface area contributed by atoms with E-state index in [4.69, 9.17) is 11.6 Å². The predicted octanol–water partition coefficient (Wildman–Crippen LogP) is 3.15. The van der Waals surface area contributed by atoms with Crippen molar-refractivity contribution in [1.82, 2.24) is 10.9 Å². The lowest BCUT2D eigenvalue weighted by molar-refractivity contribution is -0.121. The first-order chi connectivity index (χ1) is 11.8. The van der Waals surface area contributed by atoms with Crippen LogP contribution in [-0.2, 0) is 4.79 Å². The minimum Gasteiger partial charge on any atom is -0.507 e. The number of hydrogen-bond donors (Lipinski definition) is 3. The first-order valence-corrected chi connectivity index (χ1v) is 8.65. The third-order valence-electron chi connectivity index (χ3n) is 3.44. The smallest absolute Gasteiger partial charge is 0.273 e. The zero-order chi connectivity index (χ0) is 18.6. The van der Waals surface area contributed by atoms with E-state index in [1.54, 1.807) is 0 Å². The zero-order valence-electron chi connectivity index (χ0n) is 13.7. The number of hydrazine groups is 1. The molecule has 0 bridgehead atoms. The molecule has 8 heteroatoms. The molecular weight excluding hydrogens is 364 g/mol. The summed E-state index contributed by atoms with van der Waals surface area (Å²) >= 11 is 7.30. The number of aromatic hydroxyl groups is 1. The summed E-state index contributed by atoms with van der Waals surface area (Å²) in [7, 11) is 0. The fraction of sp³-hybridized carbons (Fsp3) is 0.235. The Morgan fingerprint density at radius 2 is 1.80 bits per heavy atom. The van der Waals surface area contributed by atoms with Crippen molar-refractivity contribution >= 4 is 40.5 Å². The van der Waals surface area contributed by atoms with Crippen molar-refractivity contribution in [3.8, 4) is 5.75 Å². The maximum atomic E-state index is 12.1. The highest BCUT2D eigenvalue weighted by molar-refractivity contribution is 7.12. The van der Waals surface area contributed by atoms with Gasteiger partial charge < -0.3 is 5.11 Å². The van der Waals surface area contributed by atoms with Gasteiger partial charge in [-0.25, -0.2) is 0 Å². The van der Waals surface area contributed by atoms with Gasteiger partial charge in [-0.15, -0.1) is 11.3 Å². The van der Waals surface area contributed by atoms with E-state index in [1.165, 1.54) is 29.5 Å². The van der Waals surface area contributed by atoms with E-state index >= 15 is 0 Å². The molecule has 2 rings (SSSR count). The molecule has 25 heavy (non-hydrogen) atoms. The summed E-state index contributed by atoms with van der Waals surface area (Å²) in [6, 6.07) is 5.81. The van der Waals surface area contributed by atoms with E-state index in [2.05, 4.69) is 10.9 Å². The number of phenolic OH excluding ortho intramolecular Hbond substituents is 1. The van der Waals surface area contributed by atoms with E-state index in [1.807, 2.05) is 19.9 Å². The summed E-state index contributed by atoms with van der Waals surface area (Å²) in [6.45, 7) is 3.78. The third-order valence-corrected chi connectivity index (χ3v) is 4.64. The zero-order valence-corrected chi connectivity index (χ0v) is 15.3. The number of aryl methyl sites for hydroxylation is 2. The summed E-state index contributed by atoms with van der Waals surface area (Å²) in [5, 5.41) is 9.90. The molecule has 132 valence electrons. The van der Waals surface area contributed by atoms with E-state index in [9.17, 15) is 19.5 Å². The van der Waals surface area contributed by atoms with Crippen LogP contribution in [0.2, 0.25) is 5.02 Å². The van der Waals surface area contributed by atoms with Crippen LogP contribution in [0, 0.1) is 13.8 Å². The van der Waals surface area contributed by atoms with Crippen molar-refractivity contribution in [1.29, 1.82) is 0 Å². The molecule has 0 unspecified atom stereocenters. The molecule has 0 fully saturated rings. The molecule has 0 aliphatic carbocycles. The maximum absolute atomic E-state index is 12.1. The second-order valence-corrected chi connectivity index (χ2v) is 7.31. The van der Waals surface area contributed by atoms with Gasteiger partial charge in [0.1, 0.15) is 5.75 Å². The number of nitrogens with one attached hydrogen (secondary N) is 2. The normalized spacial score (nSPS) is 10.4. The van der Waals surface area contributed by atoms with E-state index in [-0.39, 0.29) is 35.0 Å². The number of phenols is 1. The highest BCUT2D eigenvalue weighted by atomic mass is 35.5. The van der Waals surface area contributed by atoms with Crippen LogP contribution in [0.4, 0.5) is 0 Å². The number of Topliss-reactive ketones (excluding diaryl/α,β-unsaturated/α-hetero) is 1. The first kappa shape index (κ1) is 19.0.